The largest absolute Gasteiger partial charge is 0.384 e. The van der Waals surface area contributed by atoms with Gasteiger partial charge in [0, 0.05) is 18.2 Å². The molecule has 0 atom stereocenters. The highest BCUT2D eigenvalue weighted by molar-refractivity contribution is 6.32. The molecule has 0 bridgehead atoms. The van der Waals surface area contributed by atoms with Crippen molar-refractivity contribution < 1.29 is 14.7 Å². The van der Waals surface area contributed by atoms with Crippen molar-refractivity contribution in [2.45, 2.75) is 0 Å². The molecule has 0 heterocycles. The first-order valence-electron chi connectivity index (χ1n) is 5.46. The van der Waals surface area contributed by atoms with E-state index in [0.29, 0.717) is 16.1 Å². The smallest absolute Gasteiger partial charge is 0.251 e. The summed E-state index contributed by atoms with van der Waals surface area (Å²) in [6.45, 7) is -0.357. The Balaban J connectivity index is 2.77. The number of hydrogen-bond donors (Lipinski definition) is 3. The first-order valence-corrected chi connectivity index (χ1v) is 5.84. The van der Waals surface area contributed by atoms with E-state index in [4.69, 9.17) is 16.7 Å². The highest BCUT2D eigenvalue weighted by Gasteiger charge is 2.09. The maximum Gasteiger partial charge on any atom is 0.251 e. The molecule has 0 saturated heterocycles. The van der Waals surface area contributed by atoms with E-state index in [0.717, 1.165) is 0 Å². The fourth-order valence-corrected chi connectivity index (χ4v) is 1.47. The SMILES string of the molecule is CNC(=O)CNC(=O)c1ccc(C#CCO)c(Cl)c1. The predicted octanol–water partition coefficient (Wildman–Crippen LogP) is 0.160. The zero-order valence-corrected chi connectivity index (χ0v) is 11.0. The van der Waals surface area contributed by atoms with Gasteiger partial charge in [0.25, 0.3) is 5.91 Å². The number of carbonyl (C=O) groups is 2. The molecule has 0 fully saturated rings. The lowest BCUT2D eigenvalue weighted by Crippen LogP contribution is -2.35. The van der Waals surface area contributed by atoms with Crippen molar-refractivity contribution in [2.24, 2.45) is 0 Å². The van der Waals surface area contributed by atoms with Gasteiger partial charge in [0.15, 0.2) is 0 Å². The Morgan fingerprint density at radius 1 is 1.42 bits per heavy atom. The molecule has 0 aromatic heterocycles. The van der Waals surface area contributed by atoms with E-state index in [1.807, 2.05) is 0 Å². The van der Waals surface area contributed by atoms with Gasteiger partial charge < -0.3 is 15.7 Å². The number of hydrogen-bond acceptors (Lipinski definition) is 3. The summed E-state index contributed by atoms with van der Waals surface area (Å²) in [7, 11) is 1.49. The summed E-state index contributed by atoms with van der Waals surface area (Å²) in [4.78, 5) is 22.7. The minimum Gasteiger partial charge on any atom is -0.384 e. The summed E-state index contributed by atoms with van der Waals surface area (Å²) in [6.07, 6.45) is 0. The van der Waals surface area contributed by atoms with Gasteiger partial charge in [-0.1, -0.05) is 23.4 Å². The van der Waals surface area contributed by atoms with E-state index in [1.54, 1.807) is 12.1 Å². The summed E-state index contributed by atoms with van der Waals surface area (Å²) in [5.41, 5.74) is 0.863. The Hall–Kier alpha value is -2.03. The van der Waals surface area contributed by atoms with Crippen LogP contribution in [0.2, 0.25) is 5.02 Å². The van der Waals surface area contributed by atoms with Gasteiger partial charge in [-0.25, -0.2) is 0 Å². The van der Waals surface area contributed by atoms with Crippen LogP contribution in [0.3, 0.4) is 0 Å². The van der Waals surface area contributed by atoms with Crippen molar-refractivity contribution in [1.29, 1.82) is 0 Å². The molecule has 0 unspecified atom stereocenters. The number of nitrogens with one attached hydrogen (secondary N) is 2. The van der Waals surface area contributed by atoms with Crippen LogP contribution in [0.5, 0.6) is 0 Å². The molecule has 1 rings (SSSR count). The standard InChI is InChI=1S/C13H13ClN2O3/c1-15-12(18)8-16-13(19)10-5-4-9(3-2-6-17)11(14)7-10/h4-5,7,17H,6,8H2,1H3,(H,15,18)(H,16,19). The van der Waals surface area contributed by atoms with Crippen LogP contribution in [0.25, 0.3) is 0 Å². The van der Waals surface area contributed by atoms with Crippen LogP contribution in [0.1, 0.15) is 15.9 Å². The second-order valence-corrected chi connectivity index (χ2v) is 3.92. The van der Waals surface area contributed by atoms with Gasteiger partial charge in [0.05, 0.1) is 11.6 Å². The molecule has 3 N–H and O–H groups in total. The average molecular weight is 281 g/mol. The van der Waals surface area contributed by atoms with Gasteiger partial charge in [-0.3, -0.25) is 9.59 Å². The Bertz CT molecular complexity index is 547. The zero-order chi connectivity index (χ0) is 14.3. The number of likely N-dealkylation sites (N-methyl/N-ethyl adjacent to an activating group) is 1. The molecule has 1 aromatic carbocycles. The quantitative estimate of drug-likeness (QED) is 0.690. The Morgan fingerprint density at radius 3 is 2.74 bits per heavy atom. The van der Waals surface area contributed by atoms with Crippen LogP contribution in [0.4, 0.5) is 0 Å². The molecular formula is C13H13ClN2O3. The van der Waals surface area contributed by atoms with Crippen LogP contribution >= 0.6 is 11.6 Å². The topological polar surface area (TPSA) is 78.4 Å². The molecular weight excluding hydrogens is 268 g/mol. The minimum absolute atomic E-state index is 0.0982. The lowest BCUT2D eigenvalue weighted by atomic mass is 10.1. The molecule has 6 heteroatoms. The highest BCUT2D eigenvalue weighted by atomic mass is 35.5. The van der Waals surface area contributed by atoms with Crippen LogP contribution < -0.4 is 10.6 Å². The summed E-state index contributed by atoms with van der Waals surface area (Å²) in [5.74, 6) is 4.45. The third-order valence-corrected chi connectivity index (χ3v) is 2.53. The number of carbonyl (C=O) groups excluding carboxylic acids is 2. The molecule has 5 nitrogen and oxygen atoms in total. The van der Waals surface area contributed by atoms with Gasteiger partial charge in [-0.15, -0.1) is 0 Å². The summed E-state index contributed by atoms with van der Waals surface area (Å²) in [5, 5.41) is 13.7. The van der Waals surface area contributed by atoms with E-state index >= 15 is 0 Å². The average Bonchev–Trinajstić information content (AvgIpc) is 2.42. The lowest BCUT2D eigenvalue weighted by molar-refractivity contribution is -0.119. The van der Waals surface area contributed by atoms with Gasteiger partial charge in [0.1, 0.15) is 6.61 Å². The number of halogens is 1. The van der Waals surface area contributed by atoms with Crippen LogP contribution in [0, 0.1) is 11.8 Å². The number of amides is 2. The number of benzene rings is 1. The van der Waals surface area contributed by atoms with Crippen LogP contribution in [-0.2, 0) is 4.79 Å². The molecule has 100 valence electrons. The Labute approximate surface area is 116 Å². The molecule has 0 radical (unpaired) electrons. The van der Waals surface area contributed by atoms with E-state index in [1.165, 1.54) is 13.1 Å². The van der Waals surface area contributed by atoms with Crippen LogP contribution in [-0.4, -0.2) is 37.1 Å². The van der Waals surface area contributed by atoms with Crippen molar-refractivity contribution in [3.05, 3.63) is 34.3 Å². The first-order chi connectivity index (χ1) is 9.08. The number of aliphatic hydroxyl groups is 1. The minimum atomic E-state index is -0.396. The first kappa shape index (κ1) is 15.0. The van der Waals surface area contributed by atoms with Gasteiger partial charge in [-0.05, 0) is 18.2 Å². The second kappa shape index (κ2) is 7.41. The van der Waals surface area contributed by atoms with E-state index in [2.05, 4.69) is 22.5 Å². The van der Waals surface area contributed by atoms with Crippen molar-refractivity contribution >= 4 is 23.4 Å². The second-order valence-electron chi connectivity index (χ2n) is 3.51. The van der Waals surface area contributed by atoms with Crippen molar-refractivity contribution in [2.75, 3.05) is 20.2 Å². The number of aliphatic hydroxyl groups excluding tert-OH is 1. The Morgan fingerprint density at radius 2 is 2.16 bits per heavy atom. The van der Waals surface area contributed by atoms with Crippen molar-refractivity contribution in [1.82, 2.24) is 10.6 Å². The van der Waals surface area contributed by atoms with Crippen molar-refractivity contribution in [3.8, 4) is 11.8 Å². The van der Waals surface area contributed by atoms with E-state index < -0.39 is 5.91 Å². The molecule has 1 aromatic rings. The molecule has 19 heavy (non-hydrogen) atoms. The zero-order valence-electron chi connectivity index (χ0n) is 10.3. The van der Waals surface area contributed by atoms with E-state index in [-0.39, 0.29) is 19.1 Å². The summed E-state index contributed by atoms with van der Waals surface area (Å²) in [6, 6.07) is 4.59. The maximum atomic E-state index is 11.7. The molecule has 0 aliphatic rings. The van der Waals surface area contributed by atoms with Crippen molar-refractivity contribution in [3.63, 3.8) is 0 Å². The fourth-order valence-electron chi connectivity index (χ4n) is 1.24. The molecule has 0 spiro atoms. The third-order valence-electron chi connectivity index (χ3n) is 2.22. The number of rotatable bonds is 3. The predicted molar refractivity (Wildman–Crippen MR) is 71.8 cm³/mol. The fraction of sp³-hybridized carbons (Fsp3) is 0.231. The third kappa shape index (κ3) is 4.62. The normalized spacial score (nSPS) is 9.21. The van der Waals surface area contributed by atoms with Gasteiger partial charge >= 0.3 is 0 Å². The van der Waals surface area contributed by atoms with E-state index in [9.17, 15) is 9.59 Å². The van der Waals surface area contributed by atoms with Gasteiger partial charge in [0.2, 0.25) is 5.91 Å². The summed E-state index contributed by atoms with van der Waals surface area (Å²) >= 11 is 5.96. The molecule has 0 aliphatic carbocycles. The highest BCUT2D eigenvalue weighted by Crippen LogP contribution is 2.16. The summed E-state index contributed by atoms with van der Waals surface area (Å²) < 4.78 is 0. The molecule has 2 amide bonds. The monoisotopic (exact) mass is 280 g/mol. The molecule has 0 saturated carbocycles. The lowest BCUT2D eigenvalue weighted by Gasteiger charge is -2.05. The molecule has 0 aliphatic heterocycles. The maximum absolute atomic E-state index is 11.7. The van der Waals surface area contributed by atoms with Gasteiger partial charge in [-0.2, -0.15) is 0 Å². The Kier molecular flexibility index (Phi) is 5.86. The van der Waals surface area contributed by atoms with Crippen LogP contribution in [0.15, 0.2) is 18.2 Å².